The Labute approximate surface area is 88.1 Å². The monoisotopic (exact) mass is 228 g/mol. The van der Waals surface area contributed by atoms with Gasteiger partial charge in [-0.05, 0) is 12.8 Å². The molecule has 0 aromatic carbocycles. The third kappa shape index (κ3) is 2.15. The normalized spacial score (nSPS) is 29.9. The van der Waals surface area contributed by atoms with Crippen molar-refractivity contribution < 1.29 is 13.5 Å². The van der Waals surface area contributed by atoms with E-state index < -0.39 is 15.4 Å². The van der Waals surface area contributed by atoms with Gasteiger partial charge in [-0.2, -0.15) is 0 Å². The van der Waals surface area contributed by atoms with Gasteiger partial charge in [0.15, 0.2) is 9.84 Å². The van der Waals surface area contributed by atoms with Crippen molar-refractivity contribution in [3.63, 3.8) is 0 Å². The topological polar surface area (TPSA) is 80.2 Å². The van der Waals surface area contributed by atoms with Crippen LogP contribution in [0.5, 0.6) is 0 Å². The molecule has 1 aromatic rings. The molecule has 0 aliphatic carbocycles. The van der Waals surface area contributed by atoms with Crippen LogP contribution in [0.25, 0.3) is 0 Å². The lowest BCUT2D eigenvalue weighted by Gasteiger charge is -2.31. The summed E-state index contributed by atoms with van der Waals surface area (Å²) in [7, 11) is -3.14. The number of aromatic nitrogens is 2. The van der Waals surface area contributed by atoms with Crippen LogP contribution >= 0.6 is 0 Å². The zero-order chi connectivity index (χ0) is 10.9. The SMILES string of the molecule is O=S1(=O)CCCC(O)(c2cncnc2)C1. The Morgan fingerprint density at radius 2 is 2.00 bits per heavy atom. The minimum Gasteiger partial charge on any atom is -0.384 e. The van der Waals surface area contributed by atoms with E-state index in [1.165, 1.54) is 18.7 Å². The highest BCUT2D eigenvalue weighted by Gasteiger charge is 2.38. The first-order chi connectivity index (χ1) is 7.02. The molecule has 15 heavy (non-hydrogen) atoms. The van der Waals surface area contributed by atoms with Gasteiger partial charge in [0.2, 0.25) is 0 Å². The summed E-state index contributed by atoms with van der Waals surface area (Å²) in [5.41, 5.74) is -0.827. The van der Waals surface area contributed by atoms with E-state index in [1.54, 1.807) is 0 Å². The lowest BCUT2D eigenvalue weighted by atomic mass is 9.93. The minimum absolute atomic E-state index is 0.156. The molecule has 0 amide bonds. The first kappa shape index (κ1) is 10.5. The van der Waals surface area contributed by atoms with E-state index in [2.05, 4.69) is 9.97 Å². The second-order valence-electron chi connectivity index (χ2n) is 3.85. The lowest BCUT2D eigenvalue weighted by Crippen LogP contribution is -2.40. The molecule has 82 valence electrons. The summed E-state index contributed by atoms with van der Waals surface area (Å²) < 4.78 is 22.9. The van der Waals surface area contributed by atoms with Crippen LogP contribution in [0.2, 0.25) is 0 Å². The van der Waals surface area contributed by atoms with E-state index in [-0.39, 0.29) is 11.5 Å². The Morgan fingerprint density at radius 1 is 1.33 bits per heavy atom. The fourth-order valence-electron chi connectivity index (χ4n) is 1.86. The maximum atomic E-state index is 11.4. The molecule has 0 spiro atoms. The molecule has 0 bridgehead atoms. The van der Waals surface area contributed by atoms with Crippen molar-refractivity contribution in [3.8, 4) is 0 Å². The molecule has 1 aliphatic rings. The number of hydrogen-bond donors (Lipinski definition) is 1. The van der Waals surface area contributed by atoms with Gasteiger partial charge in [-0.15, -0.1) is 0 Å². The summed E-state index contributed by atoms with van der Waals surface area (Å²) in [5, 5.41) is 10.2. The Kier molecular flexibility index (Phi) is 2.47. The fraction of sp³-hybridized carbons (Fsp3) is 0.556. The van der Waals surface area contributed by atoms with Gasteiger partial charge in [-0.25, -0.2) is 18.4 Å². The molecule has 1 aromatic heterocycles. The van der Waals surface area contributed by atoms with Crippen LogP contribution < -0.4 is 0 Å². The van der Waals surface area contributed by atoms with Crippen LogP contribution in [0.15, 0.2) is 18.7 Å². The second-order valence-corrected chi connectivity index (χ2v) is 6.04. The number of sulfone groups is 1. The van der Waals surface area contributed by atoms with Gasteiger partial charge in [0.1, 0.15) is 11.9 Å². The average molecular weight is 228 g/mol. The molecule has 1 fully saturated rings. The van der Waals surface area contributed by atoms with Gasteiger partial charge >= 0.3 is 0 Å². The van der Waals surface area contributed by atoms with E-state index in [1.807, 2.05) is 0 Å². The van der Waals surface area contributed by atoms with Gasteiger partial charge in [0, 0.05) is 18.0 Å². The molecule has 1 atom stereocenters. The number of hydrogen-bond acceptors (Lipinski definition) is 5. The zero-order valence-corrected chi connectivity index (χ0v) is 8.94. The Morgan fingerprint density at radius 3 is 2.60 bits per heavy atom. The average Bonchev–Trinajstić information content (AvgIpc) is 2.17. The van der Waals surface area contributed by atoms with Crippen molar-refractivity contribution in [2.45, 2.75) is 18.4 Å². The molecule has 1 aliphatic heterocycles. The molecule has 1 N–H and O–H groups in total. The highest BCUT2D eigenvalue weighted by molar-refractivity contribution is 7.91. The van der Waals surface area contributed by atoms with E-state index in [4.69, 9.17) is 0 Å². The molecule has 1 unspecified atom stereocenters. The van der Waals surface area contributed by atoms with Crippen molar-refractivity contribution in [1.29, 1.82) is 0 Å². The summed E-state index contributed by atoms with van der Waals surface area (Å²) in [6.45, 7) is 0. The first-order valence-corrected chi connectivity index (χ1v) is 6.52. The first-order valence-electron chi connectivity index (χ1n) is 4.70. The predicted molar refractivity (Wildman–Crippen MR) is 53.8 cm³/mol. The summed E-state index contributed by atoms with van der Waals surface area (Å²) in [6.07, 6.45) is 5.21. The maximum Gasteiger partial charge on any atom is 0.153 e. The Hall–Kier alpha value is -1.01. The van der Waals surface area contributed by atoms with Crippen molar-refractivity contribution in [2.75, 3.05) is 11.5 Å². The number of nitrogens with zero attached hydrogens (tertiary/aromatic N) is 2. The van der Waals surface area contributed by atoms with Gasteiger partial charge in [-0.1, -0.05) is 0 Å². The smallest absolute Gasteiger partial charge is 0.153 e. The van der Waals surface area contributed by atoms with Crippen LogP contribution in [0, 0.1) is 0 Å². The molecule has 6 heteroatoms. The van der Waals surface area contributed by atoms with Crippen LogP contribution in [0.1, 0.15) is 18.4 Å². The molecule has 0 radical (unpaired) electrons. The minimum atomic E-state index is -3.14. The molecule has 0 saturated carbocycles. The van der Waals surface area contributed by atoms with Gasteiger partial charge in [0.25, 0.3) is 0 Å². The highest BCUT2D eigenvalue weighted by Crippen LogP contribution is 2.31. The summed E-state index contributed by atoms with van der Waals surface area (Å²) in [6, 6.07) is 0. The molecule has 2 heterocycles. The maximum absolute atomic E-state index is 11.4. The summed E-state index contributed by atoms with van der Waals surface area (Å²) >= 11 is 0. The van der Waals surface area contributed by atoms with Gasteiger partial charge in [0.05, 0.1) is 11.5 Å². The van der Waals surface area contributed by atoms with E-state index in [0.717, 1.165) is 0 Å². The quantitative estimate of drug-likeness (QED) is 0.724. The third-order valence-electron chi connectivity index (χ3n) is 2.60. The van der Waals surface area contributed by atoms with Crippen molar-refractivity contribution in [1.82, 2.24) is 9.97 Å². The molecule has 2 rings (SSSR count). The van der Waals surface area contributed by atoms with E-state index in [9.17, 15) is 13.5 Å². The summed E-state index contributed by atoms with van der Waals surface area (Å²) in [4.78, 5) is 7.57. The largest absolute Gasteiger partial charge is 0.384 e. The zero-order valence-electron chi connectivity index (χ0n) is 8.13. The van der Waals surface area contributed by atoms with Gasteiger partial charge in [-0.3, -0.25) is 0 Å². The molecular formula is C9H12N2O3S. The standard InChI is InChI=1S/C9H12N2O3S/c12-9(8-4-10-7-11-5-8)2-1-3-15(13,14)6-9/h4-5,7,12H,1-3,6H2. The molecular weight excluding hydrogens is 216 g/mol. The predicted octanol–water partition coefficient (Wildman–Crippen LogP) is -0.127. The van der Waals surface area contributed by atoms with E-state index in [0.29, 0.717) is 18.4 Å². The molecule has 1 saturated heterocycles. The van der Waals surface area contributed by atoms with Crippen molar-refractivity contribution in [2.24, 2.45) is 0 Å². The van der Waals surface area contributed by atoms with Crippen molar-refractivity contribution in [3.05, 3.63) is 24.3 Å². The third-order valence-corrected chi connectivity index (χ3v) is 4.43. The second kappa shape index (κ2) is 3.53. The van der Waals surface area contributed by atoms with Gasteiger partial charge < -0.3 is 5.11 Å². The van der Waals surface area contributed by atoms with Crippen LogP contribution in [0.3, 0.4) is 0 Å². The fourth-order valence-corrected chi connectivity index (χ4v) is 3.63. The van der Waals surface area contributed by atoms with Crippen LogP contribution in [0.4, 0.5) is 0 Å². The number of rotatable bonds is 1. The van der Waals surface area contributed by atoms with E-state index >= 15 is 0 Å². The number of aliphatic hydroxyl groups is 1. The Bertz CT molecular complexity index is 446. The summed E-state index contributed by atoms with van der Waals surface area (Å²) in [5.74, 6) is -0.0730. The Balaban J connectivity index is 2.35. The van der Waals surface area contributed by atoms with Crippen molar-refractivity contribution >= 4 is 9.84 Å². The van der Waals surface area contributed by atoms with Crippen LogP contribution in [-0.2, 0) is 15.4 Å². The highest BCUT2D eigenvalue weighted by atomic mass is 32.2. The van der Waals surface area contributed by atoms with Crippen LogP contribution in [-0.4, -0.2) is 35.0 Å². The molecule has 5 nitrogen and oxygen atoms in total. The lowest BCUT2D eigenvalue weighted by molar-refractivity contribution is 0.0460.